The summed E-state index contributed by atoms with van der Waals surface area (Å²) in [6.07, 6.45) is 9.15. The van der Waals surface area contributed by atoms with Gasteiger partial charge in [0.1, 0.15) is 17.6 Å². The Balaban J connectivity index is 2.18. The second-order valence-electron chi connectivity index (χ2n) is 5.59. The van der Waals surface area contributed by atoms with Gasteiger partial charge in [0.2, 0.25) is 0 Å². The van der Waals surface area contributed by atoms with E-state index in [0.29, 0.717) is 0 Å². The smallest absolute Gasteiger partial charge is 0.128 e. The largest absolute Gasteiger partial charge is 0.497 e. The molecule has 1 aromatic carbocycles. The lowest BCUT2D eigenvalue weighted by Crippen LogP contribution is -2.22. The van der Waals surface area contributed by atoms with Gasteiger partial charge < -0.3 is 14.8 Å². The van der Waals surface area contributed by atoms with Crippen molar-refractivity contribution >= 4 is 0 Å². The maximum atomic E-state index is 6.22. The van der Waals surface area contributed by atoms with Crippen LogP contribution in [0.5, 0.6) is 11.5 Å². The molecule has 0 bridgehead atoms. The zero-order valence-electron chi connectivity index (χ0n) is 13.4. The van der Waals surface area contributed by atoms with Gasteiger partial charge in [-0.1, -0.05) is 19.1 Å². The van der Waals surface area contributed by atoms with E-state index in [1.807, 2.05) is 12.1 Å². The molecule has 0 radical (unpaired) electrons. The highest BCUT2D eigenvalue weighted by molar-refractivity contribution is 5.42. The zero-order chi connectivity index (χ0) is 15.1. The van der Waals surface area contributed by atoms with Crippen molar-refractivity contribution in [1.82, 2.24) is 5.32 Å². The Morgan fingerprint density at radius 1 is 1.38 bits per heavy atom. The highest BCUT2D eigenvalue weighted by atomic mass is 16.5. The molecule has 0 saturated heterocycles. The summed E-state index contributed by atoms with van der Waals surface area (Å²) < 4.78 is 11.6. The number of hydrogen-bond acceptors (Lipinski definition) is 3. The van der Waals surface area contributed by atoms with Gasteiger partial charge in [-0.3, -0.25) is 0 Å². The summed E-state index contributed by atoms with van der Waals surface area (Å²) >= 11 is 0. The fourth-order valence-corrected chi connectivity index (χ4v) is 2.61. The van der Waals surface area contributed by atoms with E-state index in [4.69, 9.17) is 9.47 Å². The van der Waals surface area contributed by atoms with E-state index < -0.39 is 0 Å². The number of nitrogens with one attached hydrogen (secondary N) is 1. The maximum absolute atomic E-state index is 6.22. The zero-order valence-corrected chi connectivity index (χ0v) is 13.4. The van der Waals surface area contributed by atoms with E-state index >= 15 is 0 Å². The average Bonchev–Trinajstić information content (AvgIpc) is 2.53. The molecule has 2 unspecified atom stereocenters. The van der Waals surface area contributed by atoms with Gasteiger partial charge in [-0.2, -0.15) is 0 Å². The molecule has 0 aromatic heterocycles. The Morgan fingerprint density at radius 2 is 2.24 bits per heavy atom. The molecule has 0 heterocycles. The summed E-state index contributed by atoms with van der Waals surface area (Å²) in [5, 5.41) is 3.52. The third-order valence-electron chi connectivity index (χ3n) is 3.88. The van der Waals surface area contributed by atoms with Crippen LogP contribution in [0.3, 0.4) is 0 Å². The minimum absolute atomic E-state index is 0.183. The third kappa shape index (κ3) is 4.50. The summed E-state index contributed by atoms with van der Waals surface area (Å²) in [6, 6.07) is 6.39. The summed E-state index contributed by atoms with van der Waals surface area (Å²) in [4.78, 5) is 0. The molecule has 0 spiro atoms. The molecule has 0 amide bonds. The van der Waals surface area contributed by atoms with Crippen LogP contribution in [-0.2, 0) is 0 Å². The first-order valence-electron chi connectivity index (χ1n) is 7.99. The average molecular weight is 289 g/mol. The van der Waals surface area contributed by atoms with Gasteiger partial charge in [0.25, 0.3) is 0 Å². The van der Waals surface area contributed by atoms with Crippen LogP contribution in [0, 0.1) is 0 Å². The van der Waals surface area contributed by atoms with Crippen LogP contribution < -0.4 is 14.8 Å². The molecule has 1 aliphatic rings. The molecule has 2 rings (SSSR count). The molecular weight excluding hydrogens is 262 g/mol. The molecule has 0 fully saturated rings. The highest BCUT2D eigenvalue weighted by Gasteiger charge is 2.16. The van der Waals surface area contributed by atoms with Gasteiger partial charge in [0.15, 0.2) is 0 Å². The predicted octanol–water partition coefficient (Wildman–Crippen LogP) is 4.24. The number of allylic oxidation sites excluding steroid dienone is 1. The summed E-state index contributed by atoms with van der Waals surface area (Å²) in [7, 11) is 1.69. The Morgan fingerprint density at radius 3 is 2.90 bits per heavy atom. The van der Waals surface area contributed by atoms with Crippen LogP contribution in [0.25, 0.3) is 0 Å². The van der Waals surface area contributed by atoms with Gasteiger partial charge in [-0.05, 0) is 51.3 Å². The molecule has 1 N–H and O–H groups in total. The second-order valence-corrected chi connectivity index (χ2v) is 5.59. The number of rotatable bonds is 7. The Bertz CT molecular complexity index is 470. The lowest BCUT2D eigenvalue weighted by atomic mass is 10.0. The number of methoxy groups -OCH3 is 1. The predicted molar refractivity (Wildman–Crippen MR) is 87.1 cm³/mol. The third-order valence-corrected chi connectivity index (χ3v) is 3.88. The van der Waals surface area contributed by atoms with Crippen molar-refractivity contribution in [3.05, 3.63) is 35.9 Å². The maximum Gasteiger partial charge on any atom is 0.128 e. The van der Waals surface area contributed by atoms with E-state index in [1.54, 1.807) is 7.11 Å². The molecule has 3 heteroatoms. The van der Waals surface area contributed by atoms with Gasteiger partial charge >= 0.3 is 0 Å². The topological polar surface area (TPSA) is 30.5 Å². The van der Waals surface area contributed by atoms with Gasteiger partial charge in [0, 0.05) is 17.7 Å². The SMILES string of the molecule is CCCNC(C)c1ccc(OC)cc1OC1C=CCCC1. The second kappa shape index (κ2) is 8.08. The van der Waals surface area contributed by atoms with Crippen molar-refractivity contribution in [3.63, 3.8) is 0 Å². The van der Waals surface area contributed by atoms with Crippen molar-refractivity contribution in [1.29, 1.82) is 0 Å². The molecule has 3 nitrogen and oxygen atoms in total. The molecule has 2 atom stereocenters. The molecule has 21 heavy (non-hydrogen) atoms. The molecule has 0 saturated carbocycles. The quantitative estimate of drug-likeness (QED) is 0.761. The van der Waals surface area contributed by atoms with E-state index in [9.17, 15) is 0 Å². The van der Waals surface area contributed by atoms with Crippen molar-refractivity contribution in [3.8, 4) is 11.5 Å². The summed E-state index contributed by atoms with van der Waals surface area (Å²) in [5.41, 5.74) is 1.20. The summed E-state index contributed by atoms with van der Waals surface area (Å²) in [5.74, 6) is 1.78. The van der Waals surface area contributed by atoms with Crippen LogP contribution in [0.4, 0.5) is 0 Å². The van der Waals surface area contributed by atoms with E-state index in [2.05, 4.69) is 37.4 Å². The van der Waals surface area contributed by atoms with Crippen LogP contribution in [0.15, 0.2) is 30.4 Å². The molecule has 1 aromatic rings. The molecular formula is C18H27NO2. The number of ether oxygens (including phenoxy) is 2. The fourth-order valence-electron chi connectivity index (χ4n) is 2.61. The minimum atomic E-state index is 0.183. The highest BCUT2D eigenvalue weighted by Crippen LogP contribution is 2.31. The Kier molecular flexibility index (Phi) is 6.12. The van der Waals surface area contributed by atoms with Gasteiger partial charge in [0.05, 0.1) is 7.11 Å². The van der Waals surface area contributed by atoms with Crippen molar-refractivity contribution in [2.45, 2.75) is 51.7 Å². The van der Waals surface area contributed by atoms with E-state index in [-0.39, 0.29) is 12.1 Å². The van der Waals surface area contributed by atoms with Gasteiger partial charge in [-0.25, -0.2) is 0 Å². The number of hydrogen-bond donors (Lipinski definition) is 1. The van der Waals surface area contributed by atoms with Crippen LogP contribution >= 0.6 is 0 Å². The first-order valence-corrected chi connectivity index (χ1v) is 7.99. The van der Waals surface area contributed by atoms with E-state index in [1.165, 1.54) is 18.4 Å². The summed E-state index contributed by atoms with van der Waals surface area (Å²) in [6.45, 7) is 5.37. The standard InChI is InChI=1S/C18H27NO2/c1-4-12-19-14(2)17-11-10-16(20-3)13-18(17)21-15-8-6-5-7-9-15/h6,8,10-11,13-15,19H,4-5,7,9,12H2,1-3H3. The van der Waals surface area contributed by atoms with Crippen molar-refractivity contribution in [2.75, 3.05) is 13.7 Å². The first-order chi connectivity index (χ1) is 10.2. The van der Waals surface area contributed by atoms with Crippen LogP contribution in [-0.4, -0.2) is 19.8 Å². The van der Waals surface area contributed by atoms with Gasteiger partial charge in [-0.15, -0.1) is 0 Å². The van der Waals surface area contributed by atoms with Crippen molar-refractivity contribution < 1.29 is 9.47 Å². The normalized spacial score (nSPS) is 19.3. The molecule has 116 valence electrons. The Hall–Kier alpha value is -1.48. The minimum Gasteiger partial charge on any atom is -0.497 e. The Labute approximate surface area is 128 Å². The monoisotopic (exact) mass is 289 g/mol. The first kappa shape index (κ1) is 15.9. The molecule has 1 aliphatic carbocycles. The fraction of sp³-hybridized carbons (Fsp3) is 0.556. The lowest BCUT2D eigenvalue weighted by molar-refractivity contribution is 0.225. The lowest BCUT2D eigenvalue weighted by Gasteiger charge is -2.23. The molecule has 0 aliphatic heterocycles. The van der Waals surface area contributed by atoms with E-state index in [0.717, 1.165) is 30.9 Å². The van der Waals surface area contributed by atoms with Crippen LogP contribution in [0.2, 0.25) is 0 Å². The number of benzene rings is 1. The van der Waals surface area contributed by atoms with Crippen LogP contribution in [0.1, 0.15) is 51.1 Å². The van der Waals surface area contributed by atoms with Crippen molar-refractivity contribution in [2.24, 2.45) is 0 Å².